The van der Waals surface area contributed by atoms with Crippen LogP contribution in [0.2, 0.25) is 0 Å². The summed E-state index contributed by atoms with van der Waals surface area (Å²) in [5, 5.41) is 4.33. The molecule has 2 N–H and O–H groups in total. The van der Waals surface area contributed by atoms with Crippen LogP contribution in [0.15, 0.2) is 24.3 Å². The van der Waals surface area contributed by atoms with E-state index in [0.717, 1.165) is 19.2 Å². The van der Waals surface area contributed by atoms with E-state index in [4.69, 9.17) is 0 Å². The SMILES string of the molecule is COC(=O)NCC(=O)Nc1cccc(C(F)(F)F)c1. The van der Waals surface area contributed by atoms with E-state index in [1.807, 2.05) is 0 Å². The van der Waals surface area contributed by atoms with Crippen LogP contribution in [0.3, 0.4) is 0 Å². The van der Waals surface area contributed by atoms with E-state index < -0.39 is 30.3 Å². The summed E-state index contributed by atoms with van der Waals surface area (Å²) < 4.78 is 41.5. The molecule has 0 saturated carbocycles. The Bertz CT molecular complexity index is 474. The van der Waals surface area contributed by atoms with Gasteiger partial charge in [-0.3, -0.25) is 4.79 Å². The van der Waals surface area contributed by atoms with Gasteiger partial charge in [-0.25, -0.2) is 4.79 Å². The zero-order chi connectivity index (χ0) is 14.5. The number of carbonyl (C=O) groups is 2. The fourth-order valence-corrected chi connectivity index (χ4v) is 1.20. The van der Waals surface area contributed by atoms with Gasteiger partial charge in [0.25, 0.3) is 0 Å². The molecular weight excluding hydrogens is 265 g/mol. The smallest absolute Gasteiger partial charge is 0.416 e. The summed E-state index contributed by atoms with van der Waals surface area (Å²) in [5.41, 5.74) is -0.877. The number of carbonyl (C=O) groups excluding carboxylic acids is 2. The van der Waals surface area contributed by atoms with Crippen molar-refractivity contribution in [3.63, 3.8) is 0 Å². The van der Waals surface area contributed by atoms with Crippen molar-refractivity contribution >= 4 is 17.7 Å². The fourth-order valence-electron chi connectivity index (χ4n) is 1.20. The average Bonchev–Trinajstić information content (AvgIpc) is 2.35. The molecule has 0 bridgehead atoms. The second kappa shape index (κ2) is 6.07. The molecule has 0 saturated heterocycles. The van der Waals surface area contributed by atoms with Crippen molar-refractivity contribution in [3.05, 3.63) is 29.8 Å². The van der Waals surface area contributed by atoms with E-state index in [-0.39, 0.29) is 5.69 Å². The van der Waals surface area contributed by atoms with Crippen LogP contribution in [0.4, 0.5) is 23.7 Å². The molecule has 0 fully saturated rings. The number of alkyl halides is 3. The van der Waals surface area contributed by atoms with Crippen molar-refractivity contribution in [2.75, 3.05) is 19.0 Å². The van der Waals surface area contributed by atoms with Crippen LogP contribution < -0.4 is 10.6 Å². The largest absolute Gasteiger partial charge is 0.453 e. The molecule has 0 aliphatic carbocycles. The van der Waals surface area contributed by atoms with Gasteiger partial charge in [-0.15, -0.1) is 0 Å². The molecule has 8 heteroatoms. The van der Waals surface area contributed by atoms with E-state index in [2.05, 4.69) is 15.4 Å². The molecule has 2 amide bonds. The van der Waals surface area contributed by atoms with Gasteiger partial charge in [0.1, 0.15) is 6.54 Å². The number of benzene rings is 1. The van der Waals surface area contributed by atoms with Crippen molar-refractivity contribution in [2.24, 2.45) is 0 Å². The lowest BCUT2D eigenvalue weighted by Gasteiger charge is -2.10. The van der Waals surface area contributed by atoms with Crippen LogP contribution in [0, 0.1) is 0 Å². The van der Waals surface area contributed by atoms with Crippen molar-refractivity contribution < 1.29 is 27.5 Å². The summed E-state index contributed by atoms with van der Waals surface area (Å²) in [6.07, 6.45) is -5.29. The highest BCUT2D eigenvalue weighted by Crippen LogP contribution is 2.30. The van der Waals surface area contributed by atoms with E-state index in [1.165, 1.54) is 12.1 Å². The predicted molar refractivity (Wildman–Crippen MR) is 60.5 cm³/mol. The molecule has 0 aromatic heterocycles. The number of halogens is 3. The molecule has 0 unspecified atom stereocenters. The zero-order valence-electron chi connectivity index (χ0n) is 9.88. The summed E-state index contributed by atoms with van der Waals surface area (Å²) in [6.45, 7) is -0.400. The van der Waals surface area contributed by atoms with E-state index >= 15 is 0 Å². The molecule has 19 heavy (non-hydrogen) atoms. The first kappa shape index (κ1) is 14.8. The molecule has 0 radical (unpaired) electrons. The average molecular weight is 276 g/mol. The Morgan fingerprint density at radius 2 is 2.00 bits per heavy atom. The Morgan fingerprint density at radius 3 is 2.58 bits per heavy atom. The van der Waals surface area contributed by atoms with Crippen LogP contribution in [-0.2, 0) is 15.7 Å². The third kappa shape index (κ3) is 4.86. The quantitative estimate of drug-likeness (QED) is 0.887. The minimum atomic E-state index is -4.48. The monoisotopic (exact) mass is 276 g/mol. The number of anilines is 1. The maximum Gasteiger partial charge on any atom is 0.416 e. The Balaban J connectivity index is 2.62. The van der Waals surface area contributed by atoms with Crippen molar-refractivity contribution in [2.45, 2.75) is 6.18 Å². The summed E-state index contributed by atoms with van der Waals surface area (Å²) >= 11 is 0. The predicted octanol–water partition coefficient (Wildman–Crippen LogP) is 2.00. The van der Waals surface area contributed by atoms with Crippen molar-refractivity contribution in [1.82, 2.24) is 5.32 Å². The first-order chi connectivity index (χ1) is 8.82. The second-order valence-electron chi connectivity index (χ2n) is 3.47. The molecule has 0 heterocycles. The van der Waals surface area contributed by atoms with Gasteiger partial charge < -0.3 is 15.4 Å². The van der Waals surface area contributed by atoms with Gasteiger partial charge in [-0.2, -0.15) is 13.2 Å². The van der Waals surface area contributed by atoms with E-state index in [1.54, 1.807) is 0 Å². The molecule has 104 valence electrons. The number of methoxy groups -OCH3 is 1. The van der Waals surface area contributed by atoms with Gasteiger partial charge in [-0.1, -0.05) is 6.07 Å². The van der Waals surface area contributed by atoms with Gasteiger partial charge in [0.15, 0.2) is 0 Å². The van der Waals surface area contributed by atoms with E-state index in [0.29, 0.717) is 0 Å². The van der Waals surface area contributed by atoms with Crippen LogP contribution in [0.1, 0.15) is 5.56 Å². The molecule has 0 atom stereocenters. The third-order valence-electron chi connectivity index (χ3n) is 2.05. The molecule has 1 aromatic rings. The molecule has 1 aromatic carbocycles. The van der Waals surface area contributed by atoms with Crippen LogP contribution in [0.25, 0.3) is 0 Å². The summed E-state index contributed by atoms with van der Waals surface area (Å²) in [6, 6.07) is 4.18. The molecular formula is C11H11F3N2O3. The lowest BCUT2D eigenvalue weighted by atomic mass is 10.2. The lowest BCUT2D eigenvalue weighted by molar-refractivity contribution is -0.137. The Kier molecular flexibility index (Phi) is 4.74. The first-order valence-corrected chi connectivity index (χ1v) is 5.12. The number of alkyl carbamates (subject to hydrolysis) is 1. The van der Waals surface area contributed by atoms with Crippen molar-refractivity contribution in [3.8, 4) is 0 Å². The number of nitrogens with one attached hydrogen (secondary N) is 2. The standard InChI is InChI=1S/C11H11F3N2O3/c1-19-10(18)15-6-9(17)16-8-4-2-3-7(5-8)11(12,13)14/h2-5H,6H2,1H3,(H,15,18)(H,16,17). The first-order valence-electron chi connectivity index (χ1n) is 5.12. The Hall–Kier alpha value is -2.25. The topological polar surface area (TPSA) is 67.4 Å². The number of hydrogen-bond donors (Lipinski definition) is 2. The van der Waals surface area contributed by atoms with E-state index in [9.17, 15) is 22.8 Å². The molecule has 5 nitrogen and oxygen atoms in total. The highest BCUT2D eigenvalue weighted by Gasteiger charge is 2.30. The lowest BCUT2D eigenvalue weighted by Crippen LogP contribution is -2.32. The maximum atomic E-state index is 12.4. The number of ether oxygens (including phenoxy) is 1. The molecule has 0 spiro atoms. The number of hydrogen-bond acceptors (Lipinski definition) is 3. The minimum absolute atomic E-state index is 0.00788. The normalized spacial score (nSPS) is 10.7. The van der Waals surface area contributed by atoms with Gasteiger partial charge in [0, 0.05) is 5.69 Å². The molecule has 0 aliphatic rings. The Morgan fingerprint density at radius 1 is 1.32 bits per heavy atom. The van der Waals surface area contributed by atoms with Gasteiger partial charge >= 0.3 is 12.3 Å². The highest BCUT2D eigenvalue weighted by molar-refractivity contribution is 5.93. The number of rotatable bonds is 3. The highest BCUT2D eigenvalue weighted by atomic mass is 19.4. The van der Waals surface area contributed by atoms with Gasteiger partial charge in [0.2, 0.25) is 5.91 Å². The van der Waals surface area contributed by atoms with Crippen molar-refractivity contribution in [1.29, 1.82) is 0 Å². The minimum Gasteiger partial charge on any atom is -0.453 e. The van der Waals surface area contributed by atoms with Gasteiger partial charge in [-0.05, 0) is 18.2 Å². The van der Waals surface area contributed by atoms with Crippen LogP contribution in [0.5, 0.6) is 0 Å². The zero-order valence-corrected chi connectivity index (χ0v) is 9.88. The fraction of sp³-hybridized carbons (Fsp3) is 0.273. The molecule has 1 rings (SSSR count). The Labute approximate surface area is 106 Å². The maximum absolute atomic E-state index is 12.4. The van der Waals surface area contributed by atoms with Crippen LogP contribution >= 0.6 is 0 Å². The summed E-state index contributed by atoms with van der Waals surface area (Å²) in [7, 11) is 1.13. The summed E-state index contributed by atoms with van der Waals surface area (Å²) in [5.74, 6) is -0.662. The van der Waals surface area contributed by atoms with Crippen LogP contribution in [-0.4, -0.2) is 25.7 Å². The summed E-state index contributed by atoms with van der Waals surface area (Å²) in [4.78, 5) is 22.0. The third-order valence-corrected chi connectivity index (χ3v) is 2.05. The number of amides is 2. The second-order valence-corrected chi connectivity index (χ2v) is 3.47. The molecule has 0 aliphatic heterocycles. The van der Waals surface area contributed by atoms with Gasteiger partial charge in [0.05, 0.1) is 12.7 Å².